The van der Waals surface area contributed by atoms with Gasteiger partial charge >= 0.3 is 5.97 Å². The summed E-state index contributed by atoms with van der Waals surface area (Å²) in [6, 6.07) is 1.65. The third-order valence-corrected chi connectivity index (χ3v) is 0.356. The minimum Gasteiger partial charge on any atom is -0.478 e. The number of hydrogen-bond donors (Lipinski definition) is 2. The van der Waals surface area contributed by atoms with Crippen molar-refractivity contribution in [3.05, 3.63) is 12.3 Å². The summed E-state index contributed by atoms with van der Waals surface area (Å²) in [5.41, 5.74) is 0. The average molecular weight is 112 g/mol. The molecule has 8 heavy (non-hydrogen) atoms. The van der Waals surface area contributed by atoms with E-state index in [1.807, 2.05) is 0 Å². The van der Waals surface area contributed by atoms with Gasteiger partial charge in [0.1, 0.15) is 0 Å². The van der Waals surface area contributed by atoms with Crippen LogP contribution in [0.2, 0.25) is 0 Å². The van der Waals surface area contributed by atoms with Crippen LogP contribution >= 0.6 is 0 Å². The Morgan fingerprint density at radius 2 is 2.50 bits per heavy atom. The van der Waals surface area contributed by atoms with Crippen LogP contribution in [0.1, 0.15) is 0 Å². The van der Waals surface area contributed by atoms with Crippen molar-refractivity contribution in [2.75, 3.05) is 0 Å². The fourth-order valence-electron chi connectivity index (χ4n) is 0.138. The Morgan fingerprint density at radius 1 is 1.88 bits per heavy atom. The first kappa shape index (κ1) is 6.59. The van der Waals surface area contributed by atoms with Crippen molar-refractivity contribution in [2.45, 2.75) is 0 Å². The van der Waals surface area contributed by atoms with Gasteiger partial charge in [-0.05, 0) is 0 Å². The van der Waals surface area contributed by atoms with Gasteiger partial charge in [0.15, 0.2) is 0 Å². The van der Waals surface area contributed by atoms with Crippen LogP contribution in [-0.2, 0) is 4.79 Å². The molecule has 0 radical (unpaired) electrons. The lowest BCUT2D eigenvalue weighted by Gasteiger charge is -1.69. The molecule has 0 rings (SSSR count). The summed E-state index contributed by atoms with van der Waals surface area (Å²) in [5.74, 6) is -1.08. The second-order valence-electron chi connectivity index (χ2n) is 0.895. The van der Waals surface area contributed by atoms with Gasteiger partial charge in [-0.3, -0.25) is 0 Å². The monoisotopic (exact) mass is 112 g/mol. The molecule has 0 aromatic heterocycles. The molecule has 0 amide bonds. The van der Waals surface area contributed by atoms with Gasteiger partial charge in [-0.2, -0.15) is 4.99 Å². The van der Waals surface area contributed by atoms with Crippen LogP contribution in [-0.4, -0.2) is 17.1 Å². The maximum atomic E-state index is 9.64. The van der Waals surface area contributed by atoms with E-state index in [2.05, 4.69) is 4.99 Å². The lowest BCUT2D eigenvalue weighted by molar-refractivity contribution is -0.131. The third-order valence-electron chi connectivity index (χ3n) is 0.356. The molecule has 0 bridgehead atoms. The van der Waals surface area contributed by atoms with Crippen LogP contribution in [0.25, 0.3) is 0 Å². The molecule has 4 nitrogen and oxygen atoms in total. The second-order valence-corrected chi connectivity index (χ2v) is 0.895. The summed E-state index contributed by atoms with van der Waals surface area (Å²) in [6.07, 6.45) is 1.80. The molecule has 0 aliphatic rings. The standard InChI is InChI=1S/C4H4N2O2/c5-3-6-2-1-4(7)8/h1-2,5H,(H,7,8). The maximum Gasteiger partial charge on any atom is 0.329 e. The molecule has 0 fully saturated rings. The summed E-state index contributed by atoms with van der Waals surface area (Å²) < 4.78 is 0. The van der Waals surface area contributed by atoms with Gasteiger partial charge in [0.05, 0.1) is 6.01 Å². The molecule has 0 unspecified atom stereocenters. The SMILES string of the molecule is N=C=NC=CC(=O)O. The van der Waals surface area contributed by atoms with E-state index in [9.17, 15) is 4.79 Å². The van der Waals surface area contributed by atoms with E-state index >= 15 is 0 Å². The predicted molar refractivity (Wildman–Crippen MR) is 26.9 cm³/mol. The molecule has 4 heteroatoms. The third kappa shape index (κ3) is 4.59. The lowest BCUT2D eigenvalue weighted by Crippen LogP contribution is -1.83. The van der Waals surface area contributed by atoms with Crippen molar-refractivity contribution in [3.8, 4) is 0 Å². The second kappa shape index (κ2) is 3.77. The van der Waals surface area contributed by atoms with Gasteiger partial charge in [-0.25, -0.2) is 10.2 Å². The summed E-state index contributed by atoms with van der Waals surface area (Å²) in [4.78, 5) is 12.7. The molecule has 0 saturated carbocycles. The van der Waals surface area contributed by atoms with Crippen LogP contribution in [0.3, 0.4) is 0 Å². The molecule has 0 aromatic carbocycles. The van der Waals surface area contributed by atoms with Crippen molar-refractivity contribution in [2.24, 2.45) is 4.99 Å². The zero-order valence-corrected chi connectivity index (χ0v) is 3.96. The molecule has 0 atom stereocenters. The highest BCUT2D eigenvalue weighted by atomic mass is 16.4. The summed E-state index contributed by atoms with van der Waals surface area (Å²) in [5, 5.41) is 14.1. The van der Waals surface area contributed by atoms with E-state index in [1.165, 1.54) is 0 Å². The molecular formula is C4H4N2O2. The smallest absolute Gasteiger partial charge is 0.329 e. The largest absolute Gasteiger partial charge is 0.478 e. The number of carbonyl (C=O) groups is 1. The molecular weight excluding hydrogens is 108 g/mol. The number of nitrogens with one attached hydrogen (secondary N) is 1. The van der Waals surface area contributed by atoms with Crippen molar-refractivity contribution < 1.29 is 9.90 Å². The fourth-order valence-corrected chi connectivity index (χ4v) is 0.138. The first-order valence-electron chi connectivity index (χ1n) is 1.78. The number of aliphatic imine (C=N–C) groups is 1. The Hall–Kier alpha value is -1.41. The quantitative estimate of drug-likeness (QED) is 0.399. The van der Waals surface area contributed by atoms with Crippen molar-refractivity contribution in [1.82, 2.24) is 0 Å². The topological polar surface area (TPSA) is 73.5 Å². The Labute approximate surface area is 45.7 Å². The van der Waals surface area contributed by atoms with Gasteiger partial charge in [0.25, 0.3) is 0 Å². The van der Waals surface area contributed by atoms with Crippen LogP contribution in [0.5, 0.6) is 0 Å². The molecule has 42 valence electrons. The Kier molecular flexibility index (Phi) is 3.10. The van der Waals surface area contributed by atoms with E-state index in [-0.39, 0.29) is 0 Å². The van der Waals surface area contributed by atoms with Gasteiger partial charge in [0, 0.05) is 12.3 Å². The average Bonchev–Trinajstić information content (AvgIpc) is 1.66. The minimum atomic E-state index is -1.08. The number of hydrogen-bond acceptors (Lipinski definition) is 3. The van der Waals surface area contributed by atoms with Crippen molar-refractivity contribution >= 4 is 12.0 Å². The molecule has 0 heterocycles. The molecule has 0 spiro atoms. The molecule has 0 aliphatic heterocycles. The first-order chi connectivity index (χ1) is 3.77. The predicted octanol–water partition coefficient (Wildman–Crippen LogP) is 0.337. The number of carboxylic acids is 1. The van der Waals surface area contributed by atoms with E-state index < -0.39 is 5.97 Å². The number of rotatable bonds is 2. The molecule has 0 aliphatic carbocycles. The number of nitrogens with zero attached hydrogens (tertiary/aromatic N) is 1. The summed E-state index contributed by atoms with van der Waals surface area (Å²) in [6.45, 7) is 0. The van der Waals surface area contributed by atoms with E-state index in [0.29, 0.717) is 0 Å². The van der Waals surface area contributed by atoms with Crippen LogP contribution in [0, 0.1) is 5.41 Å². The summed E-state index contributed by atoms with van der Waals surface area (Å²) >= 11 is 0. The Balaban J connectivity index is 3.67. The van der Waals surface area contributed by atoms with Crippen LogP contribution in [0.15, 0.2) is 17.3 Å². The summed E-state index contributed by atoms with van der Waals surface area (Å²) in [7, 11) is 0. The highest BCUT2D eigenvalue weighted by Gasteiger charge is 1.79. The van der Waals surface area contributed by atoms with E-state index in [0.717, 1.165) is 12.3 Å². The van der Waals surface area contributed by atoms with Gasteiger partial charge < -0.3 is 5.11 Å². The van der Waals surface area contributed by atoms with Gasteiger partial charge in [-0.15, -0.1) is 0 Å². The first-order valence-corrected chi connectivity index (χ1v) is 1.78. The molecule has 2 N–H and O–H groups in total. The van der Waals surface area contributed by atoms with E-state index in [4.69, 9.17) is 10.5 Å². The highest BCUT2D eigenvalue weighted by Crippen LogP contribution is 1.70. The van der Waals surface area contributed by atoms with Crippen molar-refractivity contribution in [3.63, 3.8) is 0 Å². The van der Waals surface area contributed by atoms with Crippen molar-refractivity contribution in [1.29, 1.82) is 5.41 Å². The zero-order valence-electron chi connectivity index (χ0n) is 3.96. The Morgan fingerprint density at radius 3 is 2.88 bits per heavy atom. The van der Waals surface area contributed by atoms with Crippen LogP contribution in [0.4, 0.5) is 0 Å². The fraction of sp³-hybridized carbons (Fsp3) is 0. The lowest BCUT2D eigenvalue weighted by atomic mass is 10.6. The number of carboxylic acid groups (broad SMARTS) is 1. The normalized spacial score (nSPS) is 8.50. The highest BCUT2D eigenvalue weighted by molar-refractivity contribution is 5.79. The maximum absolute atomic E-state index is 9.64. The van der Waals surface area contributed by atoms with Crippen LogP contribution < -0.4 is 0 Å². The number of aliphatic carboxylic acids is 1. The molecule has 0 aromatic rings. The zero-order chi connectivity index (χ0) is 6.41. The van der Waals surface area contributed by atoms with E-state index in [1.54, 1.807) is 6.01 Å². The molecule has 0 saturated heterocycles. The minimum absolute atomic E-state index is 0.821. The Bertz CT molecular complexity index is 151. The van der Waals surface area contributed by atoms with Gasteiger partial charge in [-0.1, -0.05) is 0 Å². The van der Waals surface area contributed by atoms with Gasteiger partial charge in [0.2, 0.25) is 0 Å².